The summed E-state index contributed by atoms with van der Waals surface area (Å²) in [5.74, 6) is -1.13. The number of carbonyl (C=O) groups is 3. The molecule has 0 fully saturated rings. The number of nitrogens with one attached hydrogen (secondary N) is 1. The van der Waals surface area contributed by atoms with Gasteiger partial charge in [-0.3, -0.25) is 14.4 Å². The Labute approximate surface area is 167 Å². The molecule has 0 radical (unpaired) electrons. The first kappa shape index (κ1) is 21.4. The molecule has 0 aliphatic rings. The molecule has 28 heavy (non-hydrogen) atoms. The molecule has 5 N–H and O–H groups in total. The van der Waals surface area contributed by atoms with Crippen molar-refractivity contribution < 1.29 is 18.8 Å². The van der Waals surface area contributed by atoms with Crippen molar-refractivity contribution in [1.29, 1.82) is 0 Å². The number of hydrogen-bond donors (Lipinski definition) is 3. The quantitative estimate of drug-likeness (QED) is 0.638. The average Bonchev–Trinajstić information content (AvgIpc) is 3.21. The normalized spacial score (nSPS) is 12.4. The highest BCUT2D eigenvalue weighted by atomic mass is 32.1. The van der Waals surface area contributed by atoms with Crippen LogP contribution in [0.2, 0.25) is 0 Å². The molecule has 0 aliphatic carbocycles. The number of amides is 3. The van der Waals surface area contributed by atoms with Gasteiger partial charge < -0.3 is 26.1 Å². The van der Waals surface area contributed by atoms with Crippen LogP contribution in [0.3, 0.4) is 0 Å². The van der Waals surface area contributed by atoms with E-state index in [9.17, 15) is 14.4 Å². The molecule has 0 saturated heterocycles. The summed E-state index contributed by atoms with van der Waals surface area (Å²) in [7, 11) is 0. The minimum absolute atomic E-state index is 0.0577. The molecule has 2 rings (SSSR count). The summed E-state index contributed by atoms with van der Waals surface area (Å²) >= 11 is 0.777. The maximum absolute atomic E-state index is 13.2. The number of nitrogen functional groups attached to an aromatic ring is 1. The van der Waals surface area contributed by atoms with Crippen LogP contribution < -0.4 is 16.8 Å². The molecule has 0 unspecified atom stereocenters. The number of primary amides is 1. The van der Waals surface area contributed by atoms with Gasteiger partial charge in [-0.1, -0.05) is 6.92 Å². The highest BCUT2D eigenvalue weighted by Crippen LogP contribution is 2.26. The minimum Gasteiger partial charge on any atom is -0.467 e. The van der Waals surface area contributed by atoms with Crippen LogP contribution >= 0.6 is 11.5 Å². The van der Waals surface area contributed by atoms with E-state index in [1.54, 1.807) is 19.1 Å². The fraction of sp³-hybridized carbons (Fsp3) is 0.444. The Kier molecular flexibility index (Phi) is 6.45. The molecule has 9 nitrogen and oxygen atoms in total. The van der Waals surface area contributed by atoms with Crippen molar-refractivity contribution in [3.05, 3.63) is 34.7 Å². The molecule has 0 aromatic carbocycles. The molecule has 10 heteroatoms. The fourth-order valence-corrected chi connectivity index (χ4v) is 3.42. The van der Waals surface area contributed by atoms with Gasteiger partial charge in [-0.2, -0.15) is 4.37 Å². The Morgan fingerprint density at radius 2 is 2.04 bits per heavy atom. The molecule has 2 aromatic heterocycles. The predicted molar refractivity (Wildman–Crippen MR) is 106 cm³/mol. The van der Waals surface area contributed by atoms with Crippen LogP contribution in [-0.4, -0.2) is 38.6 Å². The lowest BCUT2D eigenvalue weighted by Gasteiger charge is -2.32. The van der Waals surface area contributed by atoms with E-state index in [0.29, 0.717) is 12.2 Å². The number of hydrogen-bond acceptors (Lipinski definition) is 7. The van der Waals surface area contributed by atoms with Crippen LogP contribution in [0.25, 0.3) is 0 Å². The molecule has 0 saturated carbocycles. The number of carbonyl (C=O) groups excluding carboxylic acids is 3. The van der Waals surface area contributed by atoms with Gasteiger partial charge in [0.05, 0.1) is 18.5 Å². The van der Waals surface area contributed by atoms with Gasteiger partial charge in [-0.15, -0.1) is 0 Å². The standard InChI is InChI=1S/C18H25N5O4S/c1-5-11(16(25)21-18(2,3)4)23(9-10-7-6-8-27-10)17(26)14-12(19)13(15(20)24)22-28-14/h6-8,11H,5,9,19H2,1-4H3,(H2,20,24)(H,21,25)/t11-/m0/s1. The lowest BCUT2D eigenvalue weighted by molar-refractivity contribution is -0.127. The monoisotopic (exact) mass is 407 g/mol. The van der Waals surface area contributed by atoms with Gasteiger partial charge >= 0.3 is 0 Å². The molecule has 2 aromatic rings. The van der Waals surface area contributed by atoms with E-state index < -0.39 is 23.4 Å². The van der Waals surface area contributed by atoms with Crippen molar-refractivity contribution in [1.82, 2.24) is 14.6 Å². The molecule has 3 amide bonds. The average molecular weight is 407 g/mol. The molecule has 0 bridgehead atoms. The third-order valence-corrected chi connectivity index (χ3v) is 4.74. The molecule has 0 aliphatic heterocycles. The largest absolute Gasteiger partial charge is 0.467 e. The topological polar surface area (TPSA) is 145 Å². The minimum atomic E-state index is -0.817. The van der Waals surface area contributed by atoms with E-state index in [4.69, 9.17) is 15.9 Å². The van der Waals surface area contributed by atoms with Gasteiger partial charge in [0, 0.05) is 5.54 Å². The smallest absolute Gasteiger partial charge is 0.270 e. The van der Waals surface area contributed by atoms with Crippen molar-refractivity contribution >= 4 is 34.9 Å². The second kappa shape index (κ2) is 8.42. The van der Waals surface area contributed by atoms with E-state index in [1.807, 2.05) is 20.8 Å². The van der Waals surface area contributed by atoms with Gasteiger partial charge in [0.2, 0.25) is 5.91 Å². The Bertz CT molecular complexity index is 854. The van der Waals surface area contributed by atoms with Gasteiger partial charge in [-0.05, 0) is 50.9 Å². The lowest BCUT2D eigenvalue weighted by atomic mass is 10.1. The van der Waals surface area contributed by atoms with Crippen molar-refractivity contribution in [3.8, 4) is 0 Å². The van der Waals surface area contributed by atoms with Gasteiger partial charge in [-0.25, -0.2) is 0 Å². The van der Waals surface area contributed by atoms with Crippen LogP contribution in [0.4, 0.5) is 5.69 Å². The first-order chi connectivity index (χ1) is 13.0. The summed E-state index contributed by atoms with van der Waals surface area (Å²) in [5.41, 5.74) is 10.4. The second-order valence-corrected chi connectivity index (χ2v) is 8.09. The molecular formula is C18H25N5O4S. The number of nitrogens with two attached hydrogens (primary N) is 2. The van der Waals surface area contributed by atoms with E-state index in [0.717, 1.165) is 11.5 Å². The van der Waals surface area contributed by atoms with Crippen LogP contribution in [0.5, 0.6) is 0 Å². The fourth-order valence-electron chi connectivity index (χ4n) is 2.65. The number of nitrogens with zero attached hydrogens (tertiary/aromatic N) is 2. The summed E-state index contributed by atoms with van der Waals surface area (Å²) in [6, 6.07) is 2.63. The third-order valence-electron chi connectivity index (χ3n) is 3.89. The van der Waals surface area contributed by atoms with Crippen molar-refractivity contribution in [2.75, 3.05) is 5.73 Å². The summed E-state index contributed by atoms with van der Waals surface area (Å²) in [6.07, 6.45) is 1.86. The summed E-state index contributed by atoms with van der Waals surface area (Å²) in [6.45, 7) is 7.44. The Hall–Kier alpha value is -2.88. The van der Waals surface area contributed by atoms with Gasteiger partial charge in [0.25, 0.3) is 11.8 Å². The first-order valence-electron chi connectivity index (χ1n) is 8.75. The maximum atomic E-state index is 13.2. The molecular weight excluding hydrogens is 382 g/mol. The van der Waals surface area contributed by atoms with Crippen LogP contribution in [0, 0.1) is 0 Å². The Morgan fingerprint density at radius 3 is 2.50 bits per heavy atom. The second-order valence-electron chi connectivity index (χ2n) is 7.31. The third kappa shape index (κ3) is 4.89. The van der Waals surface area contributed by atoms with Crippen LogP contribution in [-0.2, 0) is 11.3 Å². The van der Waals surface area contributed by atoms with E-state index in [1.165, 1.54) is 11.2 Å². The molecule has 1 atom stereocenters. The summed E-state index contributed by atoms with van der Waals surface area (Å²) in [5, 5.41) is 2.89. The SMILES string of the molecule is CC[C@@H](C(=O)NC(C)(C)C)N(Cc1ccco1)C(=O)c1snc(C(N)=O)c1N. The number of aromatic nitrogens is 1. The number of rotatable bonds is 7. The summed E-state index contributed by atoms with van der Waals surface area (Å²) < 4.78 is 9.23. The van der Waals surface area contributed by atoms with E-state index in [-0.39, 0.29) is 28.7 Å². The van der Waals surface area contributed by atoms with E-state index in [2.05, 4.69) is 9.69 Å². The Balaban J connectivity index is 2.41. The Morgan fingerprint density at radius 1 is 1.36 bits per heavy atom. The number of furan rings is 1. The number of anilines is 1. The zero-order chi connectivity index (χ0) is 21.1. The first-order valence-corrected chi connectivity index (χ1v) is 9.52. The van der Waals surface area contributed by atoms with Gasteiger partial charge in [0.15, 0.2) is 5.69 Å². The van der Waals surface area contributed by atoms with Crippen molar-refractivity contribution in [2.24, 2.45) is 5.73 Å². The zero-order valence-electron chi connectivity index (χ0n) is 16.3. The molecule has 152 valence electrons. The molecule has 2 heterocycles. The highest BCUT2D eigenvalue weighted by molar-refractivity contribution is 7.09. The predicted octanol–water partition coefficient (Wildman–Crippen LogP) is 1.75. The van der Waals surface area contributed by atoms with E-state index >= 15 is 0 Å². The van der Waals surface area contributed by atoms with Crippen LogP contribution in [0.15, 0.2) is 22.8 Å². The zero-order valence-corrected chi connectivity index (χ0v) is 17.1. The molecule has 0 spiro atoms. The van der Waals surface area contributed by atoms with Crippen molar-refractivity contribution in [3.63, 3.8) is 0 Å². The summed E-state index contributed by atoms with van der Waals surface area (Å²) in [4.78, 5) is 38.9. The maximum Gasteiger partial charge on any atom is 0.270 e. The van der Waals surface area contributed by atoms with Crippen molar-refractivity contribution in [2.45, 2.75) is 52.2 Å². The highest BCUT2D eigenvalue weighted by Gasteiger charge is 2.34. The van der Waals surface area contributed by atoms with Gasteiger partial charge in [0.1, 0.15) is 16.7 Å². The lowest BCUT2D eigenvalue weighted by Crippen LogP contribution is -2.53. The van der Waals surface area contributed by atoms with Crippen LogP contribution in [0.1, 0.15) is 60.0 Å².